The molecule has 28 heavy (non-hydrogen) atoms. The van der Waals surface area contributed by atoms with E-state index in [1.165, 1.54) is 16.8 Å². The van der Waals surface area contributed by atoms with E-state index in [1.54, 1.807) is 11.8 Å². The Morgan fingerprint density at radius 3 is 2.86 bits per heavy atom. The third-order valence-corrected chi connectivity index (χ3v) is 8.33. The molecule has 1 saturated heterocycles. The summed E-state index contributed by atoms with van der Waals surface area (Å²) in [5.41, 5.74) is 3.99. The van der Waals surface area contributed by atoms with E-state index in [4.69, 9.17) is 0 Å². The molecule has 6 heteroatoms. The maximum atomic E-state index is 13.5. The fourth-order valence-electron chi connectivity index (χ4n) is 5.37. The Bertz CT molecular complexity index is 821. The summed E-state index contributed by atoms with van der Waals surface area (Å²) >= 11 is 1.80. The maximum Gasteiger partial charge on any atom is 0.226 e. The van der Waals surface area contributed by atoms with Crippen molar-refractivity contribution in [2.75, 3.05) is 5.75 Å². The molecular weight excluding hydrogens is 368 g/mol. The van der Waals surface area contributed by atoms with Crippen LogP contribution in [0.1, 0.15) is 56.2 Å². The molecule has 2 heterocycles. The Labute approximate surface area is 170 Å². The predicted molar refractivity (Wildman–Crippen MR) is 110 cm³/mol. The van der Waals surface area contributed by atoms with E-state index >= 15 is 0 Å². The molecular formula is C22H28N4OS. The van der Waals surface area contributed by atoms with Crippen LogP contribution in [0, 0.1) is 23.2 Å². The Kier molecular flexibility index (Phi) is 4.96. The number of carbonyl (C=O) groups is 1. The lowest BCUT2D eigenvalue weighted by atomic mass is 9.80. The summed E-state index contributed by atoms with van der Waals surface area (Å²) in [6, 6.07) is 3.28. The number of H-pyrrole nitrogens is 1. The number of amides is 1. The Balaban J connectivity index is 1.27. The largest absolute Gasteiger partial charge is 0.336 e. The number of aromatic amines is 1. The molecule has 0 radical (unpaired) electrons. The summed E-state index contributed by atoms with van der Waals surface area (Å²) in [4.78, 5) is 15.8. The Hall–Kier alpha value is -1.74. The van der Waals surface area contributed by atoms with Crippen LogP contribution in [-0.4, -0.2) is 44.1 Å². The first-order chi connectivity index (χ1) is 13.7. The molecule has 4 unspecified atom stereocenters. The van der Waals surface area contributed by atoms with Gasteiger partial charge in [0.05, 0.1) is 17.5 Å². The molecule has 1 aromatic heterocycles. The van der Waals surface area contributed by atoms with Gasteiger partial charge in [-0.2, -0.15) is 10.4 Å². The first-order valence-electron chi connectivity index (χ1n) is 10.8. The highest BCUT2D eigenvalue weighted by Gasteiger charge is 2.42. The van der Waals surface area contributed by atoms with Gasteiger partial charge in [-0.05, 0) is 69.1 Å². The van der Waals surface area contributed by atoms with E-state index in [9.17, 15) is 10.1 Å². The van der Waals surface area contributed by atoms with Crippen molar-refractivity contribution in [1.82, 2.24) is 15.1 Å². The number of fused-ring (bicyclic) bond motifs is 1. The number of nitriles is 1. The minimum atomic E-state index is 0.118. The number of hydrogen-bond acceptors (Lipinski definition) is 4. The van der Waals surface area contributed by atoms with Gasteiger partial charge >= 0.3 is 0 Å². The number of allylic oxidation sites excluding steroid dienone is 2. The summed E-state index contributed by atoms with van der Waals surface area (Å²) in [5, 5.41) is 16.8. The van der Waals surface area contributed by atoms with Crippen molar-refractivity contribution in [3.63, 3.8) is 0 Å². The van der Waals surface area contributed by atoms with Crippen molar-refractivity contribution >= 4 is 17.7 Å². The smallest absolute Gasteiger partial charge is 0.226 e. The highest BCUT2D eigenvalue weighted by molar-refractivity contribution is 8.00. The molecule has 0 bridgehead atoms. The van der Waals surface area contributed by atoms with Gasteiger partial charge in [0.1, 0.15) is 0 Å². The third kappa shape index (κ3) is 3.39. The van der Waals surface area contributed by atoms with Gasteiger partial charge in [0.25, 0.3) is 0 Å². The molecule has 5 rings (SSSR count). The number of thioether (sulfide) groups is 1. The summed E-state index contributed by atoms with van der Waals surface area (Å²) in [6.07, 6.45) is 13.5. The molecule has 1 amide bonds. The van der Waals surface area contributed by atoms with Crippen molar-refractivity contribution in [2.24, 2.45) is 11.8 Å². The summed E-state index contributed by atoms with van der Waals surface area (Å²) in [7, 11) is 0. The average Bonchev–Trinajstić information content (AvgIpc) is 3.26. The van der Waals surface area contributed by atoms with Gasteiger partial charge in [-0.3, -0.25) is 9.89 Å². The normalized spacial score (nSPS) is 32.3. The summed E-state index contributed by atoms with van der Waals surface area (Å²) in [6.45, 7) is 0. The van der Waals surface area contributed by atoms with E-state index in [0.29, 0.717) is 23.9 Å². The van der Waals surface area contributed by atoms with Crippen molar-refractivity contribution in [3.8, 4) is 6.07 Å². The molecule has 1 N–H and O–H groups in total. The maximum absolute atomic E-state index is 13.5. The standard InChI is InChI=1S/C22H28N4OS/c23-12-21-19(9-10-28-21)14-1-3-15(4-2-14)22(27)26(17-5-6-17)18-7-8-20-16(11-18)13-24-25-20/h1,13,15,17-19,21H,2-11H2,(H,24,25). The second kappa shape index (κ2) is 7.59. The zero-order valence-corrected chi connectivity index (χ0v) is 17.1. The van der Waals surface area contributed by atoms with Crippen molar-refractivity contribution in [3.05, 3.63) is 29.1 Å². The average molecular weight is 397 g/mol. The van der Waals surface area contributed by atoms with Crippen molar-refractivity contribution in [1.29, 1.82) is 5.26 Å². The van der Waals surface area contributed by atoms with Crippen LogP contribution in [0.2, 0.25) is 0 Å². The van der Waals surface area contributed by atoms with Crippen LogP contribution in [0.5, 0.6) is 0 Å². The monoisotopic (exact) mass is 396 g/mol. The quantitative estimate of drug-likeness (QED) is 0.789. The lowest BCUT2D eigenvalue weighted by Gasteiger charge is -2.37. The number of rotatable bonds is 4. The van der Waals surface area contributed by atoms with Crippen LogP contribution in [0.25, 0.3) is 0 Å². The molecule has 4 atom stereocenters. The number of aryl methyl sites for hydroxylation is 1. The van der Waals surface area contributed by atoms with Gasteiger partial charge in [0.15, 0.2) is 0 Å². The van der Waals surface area contributed by atoms with E-state index in [1.807, 2.05) is 6.20 Å². The molecule has 3 aliphatic carbocycles. The third-order valence-electron chi connectivity index (χ3n) is 7.07. The summed E-state index contributed by atoms with van der Waals surface area (Å²) < 4.78 is 0. The van der Waals surface area contributed by atoms with E-state index in [2.05, 4.69) is 27.2 Å². The number of nitrogens with one attached hydrogen (secondary N) is 1. The zero-order chi connectivity index (χ0) is 19.1. The molecule has 148 valence electrons. The molecule has 4 aliphatic rings. The van der Waals surface area contributed by atoms with Crippen LogP contribution in [0.3, 0.4) is 0 Å². The molecule has 1 aliphatic heterocycles. The van der Waals surface area contributed by atoms with Crippen LogP contribution < -0.4 is 0 Å². The highest BCUT2D eigenvalue weighted by Crippen LogP contribution is 2.42. The number of nitrogens with zero attached hydrogens (tertiary/aromatic N) is 3. The minimum absolute atomic E-state index is 0.118. The number of carbonyl (C=O) groups excluding carboxylic acids is 1. The van der Waals surface area contributed by atoms with Gasteiger partial charge in [-0.25, -0.2) is 0 Å². The van der Waals surface area contributed by atoms with E-state index in [-0.39, 0.29) is 11.2 Å². The van der Waals surface area contributed by atoms with E-state index in [0.717, 1.165) is 63.5 Å². The summed E-state index contributed by atoms with van der Waals surface area (Å²) in [5.74, 6) is 2.02. The first kappa shape index (κ1) is 18.3. The van der Waals surface area contributed by atoms with Gasteiger partial charge in [-0.15, -0.1) is 11.8 Å². The van der Waals surface area contributed by atoms with Crippen molar-refractivity contribution in [2.45, 2.75) is 75.1 Å². The second-order valence-corrected chi connectivity index (χ2v) is 10.1. The van der Waals surface area contributed by atoms with Crippen LogP contribution in [-0.2, 0) is 17.6 Å². The fourth-order valence-corrected chi connectivity index (χ4v) is 6.63. The van der Waals surface area contributed by atoms with Gasteiger partial charge in [0, 0.05) is 29.6 Å². The SMILES string of the molecule is N#CC1SCCC1C1=CCC(C(=O)N(C2CC2)C2CCc3[nH]ncc3C2)CC1. The van der Waals surface area contributed by atoms with Crippen LogP contribution in [0.4, 0.5) is 0 Å². The van der Waals surface area contributed by atoms with Crippen molar-refractivity contribution < 1.29 is 4.79 Å². The number of aromatic nitrogens is 2. The van der Waals surface area contributed by atoms with Crippen LogP contribution >= 0.6 is 11.8 Å². The molecule has 2 fully saturated rings. The van der Waals surface area contributed by atoms with Gasteiger partial charge in [0.2, 0.25) is 5.91 Å². The first-order valence-corrected chi connectivity index (χ1v) is 11.8. The topological polar surface area (TPSA) is 72.8 Å². The van der Waals surface area contributed by atoms with Crippen LogP contribution in [0.15, 0.2) is 17.8 Å². The molecule has 1 saturated carbocycles. The Morgan fingerprint density at radius 1 is 1.21 bits per heavy atom. The minimum Gasteiger partial charge on any atom is -0.336 e. The Morgan fingerprint density at radius 2 is 2.11 bits per heavy atom. The highest BCUT2D eigenvalue weighted by atomic mass is 32.2. The molecule has 5 nitrogen and oxygen atoms in total. The molecule has 0 aromatic carbocycles. The number of hydrogen-bond donors (Lipinski definition) is 1. The van der Waals surface area contributed by atoms with Gasteiger partial charge < -0.3 is 4.90 Å². The molecule has 1 aromatic rings. The molecule has 0 spiro atoms. The second-order valence-electron chi connectivity index (χ2n) is 8.81. The predicted octanol–water partition coefficient (Wildman–Crippen LogP) is 3.63. The fraction of sp³-hybridized carbons (Fsp3) is 0.682. The van der Waals surface area contributed by atoms with Gasteiger partial charge in [-0.1, -0.05) is 11.6 Å². The zero-order valence-electron chi connectivity index (χ0n) is 16.3. The lowest BCUT2D eigenvalue weighted by molar-refractivity contribution is -0.139. The van der Waals surface area contributed by atoms with E-state index < -0.39 is 0 Å². The lowest BCUT2D eigenvalue weighted by Crippen LogP contribution is -2.47.